The van der Waals surface area contributed by atoms with Crippen LogP contribution in [0.2, 0.25) is 0 Å². The van der Waals surface area contributed by atoms with E-state index in [2.05, 4.69) is 15.3 Å². The number of hydrazone groups is 1. The first-order chi connectivity index (χ1) is 12.9. The van der Waals surface area contributed by atoms with Crippen molar-refractivity contribution in [3.63, 3.8) is 0 Å². The van der Waals surface area contributed by atoms with Gasteiger partial charge in [0.05, 0.1) is 20.4 Å². The van der Waals surface area contributed by atoms with E-state index in [1.165, 1.54) is 49.4 Å². The van der Waals surface area contributed by atoms with Crippen molar-refractivity contribution in [1.82, 2.24) is 9.99 Å². The van der Waals surface area contributed by atoms with Gasteiger partial charge in [-0.2, -0.15) is 13.9 Å². The van der Waals surface area contributed by atoms with Crippen molar-refractivity contribution in [2.24, 2.45) is 5.10 Å². The third-order valence-corrected chi connectivity index (χ3v) is 3.31. The minimum atomic E-state index is -3.05. The zero-order chi connectivity index (χ0) is 19.8. The van der Waals surface area contributed by atoms with Crippen molar-refractivity contribution in [3.05, 3.63) is 52.4 Å². The highest BCUT2D eigenvalue weighted by atomic mass is 19.3. The second-order valence-electron chi connectivity index (χ2n) is 5.09. The molecule has 8 nitrogen and oxygen atoms in total. The Hall–Kier alpha value is -3.43. The fourth-order valence-corrected chi connectivity index (χ4v) is 2.14. The number of halogens is 2. The number of hydrogen-bond donors (Lipinski definition) is 1. The van der Waals surface area contributed by atoms with Crippen molar-refractivity contribution in [2.45, 2.75) is 13.2 Å². The van der Waals surface area contributed by atoms with Gasteiger partial charge in [-0.05, 0) is 18.2 Å². The quantitative estimate of drug-likeness (QED) is 0.554. The highest BCUT2D eigenvalue weighted by Crippen LogP contribution is 2.39. The molecule has 2 rings (SSSR count). The molecule has 0 bridgehead atoms. The van der Waals surface area contributed by atoms with Crippen LogP contribution in [0.3, 0.4) is 0 Å². The molecular weight excluding hydrogens is 364 g/mol. The Bertz CT molecular complexity index is 858. The summed E-state index contributed by atoms with van der Waals surface area (Å²) in [6, 6.07) is 7.30. The molecule has 0 saturated heterocycles. The topological polar surface area (TPSA) is 91.2 Å². The number of alkyl halides is 2. The van der Waals surface area contributed by atoms with Crippen molar-refractivity contribution in [2.75, 3.05) is 14.2 Å². The minimum Gasteiger partial charge on any atom is -0.493 e. The van der Waals surface area contributed by atoms with E-state index >= 15 is 0 Å². The van der Waals surface area contributed by atoms with Gasteiger partial charge in [0.25, 0.3) is 11.5 Å². The maximum atomic E-state index is 12.5. The van der Waals surface area contributed by atoms with Gasteiger partial charge in [-0.3, -0.25) is 9.59 Å². The Morgan fingerprint density at radius 3 is 2.48 bits per heavy atom. The van der Waals surface area contributed by atoms with Crippen LogP contribution in [0.15, 0.2) is 46.4 Å². The molecule has 1 aromatic carbocycles. The summed E-state index contributed by atoms with van der Waals surface area (Å²) in [5.41, 5.74) is 2.35. The molecule has 0 radical (unpaired) electrons. The van der Waals surface area contributed by atoms with E-state index in [1.54, 1.807) is 12.1 Å². The zero-order valence-electron chi connectivity index (χ0n) is 14.5. The largest absolute Gasteiger partial charge is 0.493 e. The molecule has 10 heteroatoms. The van der Waals surface area contributed by atoms with E-state index in [-0.39, 0.29) is 29.4 Å². The summed E-state index contributed by atoms with van der Waals surface area (Å²) in [6.45, 7) is -3.25. The molecule has 1 aromatic heterocycles. The van der Waals surface area contributed by atoms with E-state index in [1.807, 2.05) is 0 Å². The first-order valence-corrected chi connectivity index (χ1v) is 7.62. The monoisotopic (exact) mass is 381 g/mol. The summed E-state index contributed by atoms with van der Waals surface area (Å²) in [4.78, 5) is 23.4. The lowest BCUT2D eigenvalue weighted by Crippen LogP contribution is -2.28. The summed E-state index contributed by atoms with van der Waals surface area (Å²) < 4.78 is 40.7. The highest BCUT2D eigenvalue weighted by Gasteiger charge is 2.17. The SMILES string of the molecule is COc1cc(/C=N\NC(=O)Cn2ccccc2=O)cc(OC)c1OC(F)F. The predicted octanol–water partition coefficient (Wildman–Crippen LogP) is 1.62. The lowest BCUT2D eigenvalue weighted by molar-refractivity contribution is -0.121. The van der Waals surface area contributed by atoms with Crippen LogP contribution in [0.1, 0.15) is 5.56 Å². The molecule has 0 saturated carbocycles. The molecule has 27 heavy (non-hydrogen) atoms. The molecule has 0 unspecified atom stereocenters. The van der Waals surface area contributed by atoms with Crippen LogP contribution in [-0.2, 0) is 11.3 Å². The summed E-state index contributed by atoms with van der Waals surface area (Å²) in [6.07, 6.45) is 2.74. The molecule has 1 N–H and O–H groups in total. The molecule has 0 aliphatic carbocycles. The van der Waals surface area contributed by atoms with Crippen LogP contribution in [0, 0.1) is 0 Å². The molecule has 2 aromatic rings. The summed E-state index contributed by atoms with van der Waals surface area (Å²) in [5, 5.41) is 3.77. The molecule has 1 heterocycles. The van der Waals surface area contributed by atoms with E-state index < -0.39 is 12.5 Å². The van der Waals surface area contributed by atoms with Gasteiger partial charge in [0.15, 0.2) is 11.5 Å². The standard InChI is InChI=1S/C17H17F2N3O5/c1-25-12-7-11(8-13(26-2)16(12)27-17(18)19)9-20-21-14(23)10-22-6-4-3-5-15(22)24/h3-9,17H,10H2,1-2H3,(H,21,23)/b20-9-. The molecule has 144 valence electrons. The average Bonchev–Trinajstić information content (AvgIpc) is 2.64. The number of amides is 1. The van der Waals surface area contributed by atoms with Gasteiger partial charge in [-0.15, -0.1) is 0 Å². The van der Waals surface area contributed by atoms with Crippen LogP contribution in [0.4, 0.5) is 8.78 Å². The fourth-order valence-electron chi connectivity index (χ4n) is 2.14. The van der Waals surface area contributed by atoms with E-state index in [4.69, 9.17) is 9.47 Å². The van der Waals surface area contributed by atoms with Crippen molar-refractivity contribution in [1.29, 1.82) is 0 Å². The van der Waals surface area contributed by atoms with Gasteiger partial charge in [-0.1, -0.05) is 6.07 Å². The Balaban J connectivity index is 2.11. The Kier molecular flexibility index (Phi) is 6.86. The maximum Gasteiger partial charge on any atom is 0.387 e. The van der Waals surface area contributed by atoms with E-state index in [9.17, 15) is 18.4 Å². The van der Waals surface area contributed by atoms with Crippen molar-refractivity contribution >= 4 is 12.1 Å². The Labute approximate surface area is 153 Å². The van der Waals surface area contributed by atoms with Gasteiger partial charge in [0.1, 0.15) is 6.54 Å². The Morgan fingerprint density at radius 1 is 1.26 bits per heavy atom. The van der Waals surface area contributed by atoms with E-state index in [0.29, 0.717) is 5.56 Å². The van der Waals surface area contributed by atoms with Gasteiger partial charge >= 0.3 is 6.61 Å². The second kappa shape index (κ2) is 9.32. The second-order valence-corrected chi connectivity index (χ2v) is 5.09. The molecule has 0 aliphatic rings. The summed E-state index contributed by atoms with van der Waals surface area (Å²) in [7, 11) is 2.57. The number of nitrogens with one attached hydrogen (secondary N) is 1. The van der Waals surface area contributed by atoms with Crippen LogP contribution in [-0.4, -0.2) is 37.5 Å². The number of benzene rings is 1. The number of carbonyl (C=O) groups excluding carboxylic acids is 1. The van der Waals surface area contributed by atoms with Crippen LogP contribution in [0.25, 0.3) is 0 Å². The number of rotatable bonds is 8. The number of pyridine rings is 1. The minimum absolute atomic E-state index is 0.0123. The fraction of sp³-hybridized carbons (Fsp3) is 0.235. The summed E-state index contributed by atoms with van der Waals surface area (Å²) in [5.74, 6) is -0.743. The van der Waals surface area contributed by atoms with Crippen LogP contribution >= 0.6 is 0 Å². The summed E-state index contributed by atoms with van der Waals surface area (Å²) >= 11 is 0. The molecule has 0 atom stereocenters. The highest BCUT2D eigenvalue weighted by molar-refractivity contribution is 5.84. The van der Waals surface area contributed by atoms with Gasteiger partial charge in [-0.25, -0.2) is 5.43 Å². The lowest BCUT2D eigenvalue weighted by atomic mass is 10.2. The van der Waals surface area contributed by atoms with Crippen LogP contribution in [0.5, 0.6) is 17.2 Å². The Morgan fingerprint density at radius 2 is 1.93 bits per heavy atom. The number of nitrogens with zero attached hydrogens (tertiary/aromatic N) is 2. The molecule has 0 fully saturated rings. The van der Waals surface area contributed by atoms with Gasteiger partial charge in [0.2, 0.25) is 5.75 Å². The average molecular weight is 381 g/mol. The normalized spacial score (nSPS) is 10.9. The third-order valence-electron chi connectivity index (χ3n) is 3.31. The molecule has 1 amide bonds. The molecule has 0 aliphatic heterocycles. The van der Waals surface area contributed by atoms with Crippen molar-refractivity contribution < 1.29 is 27.8 Å². The first-order valence-electron chi connectivity index (χ1n) is 7.62. The smallest absolute Gasteiger partial charge is 0.387 e. The molecular formula is C17H17F2N3O5. The van der Waals surface area contributed by atoms with Gasteiger partial charge in [0, 0.05) is 17.8 Å². The molecule has 0 spiro atoms. The maximum absolute atomic E-state index is 12.5. The number of methoxy groups -OCH3 is 2. The lowest BCUT2D eigenvalue weighted by Gasteiger charge is -2.14. The van der Waals surface area contributed by atoms with Crippen LogP contribution < -0.4 is 25.2 Å². The number of ether oxygens (including phenoxy) is 3. The number of carbonyl (C=O) groups is 1. The first kappa shape index (κ1) is 19.9. The number of aromatic nitrogens is 1. The van der Waals surface area contributed by atoms with Gasteiger partial charge < -0.3 is 18.8 Å². The van der Waals surface area contributed by atoms with E-state index in [0.717, 1.165) is 0 Å². The predicted molar refractivity (Wildman–Crippen MR) is 92.6 cm³/mol. The third kappa shape index (κ3) is 5.53. The van der Waals surface area contributed by atoms with Crippen molar-refractivity contribution in [3.8, 4) is 17.2 Å². The zero-order valence-corrected chi connectivity index (χ0v) is 14.5. The number of hydrogen-bond acceptors (Lipinski definition) is 6.